The van der Waals surface area contributed by atoms with Crippen molar-refractivity contribution < 1.29 is 9.53 Å². The molecule has 0 bridgehead atoms. The van der Waals surface area contributed by atoms with Crippen molar-refractivity contribution in [3.05, 3.63) is 46.5 Å². The zero-order chi connectivity index (χ0) is 17.4. The molecule has 1 atom stereocenters. The third-order valence-corrected chi connectivity index (χ3v) is 4.31. The fraction of sp³-hybridized carbons (Fsp3) is 0.421. The summed E-state index contributed by atoms with van der Waals surface area (Å²) in [7, 11) is 0. The monoisotopic (exact) mass is 326 g/mol. The Balaban J connectivity index is 2.16. The maximum atomic E-state index is 13.0. The Morgan fingerprint density at radius 1 is 1.33 bits per heavy atom. The van der Waals surface area contributed by atoms with Crippen LogP contribution in [0.4, 0.5) is 0 Å². The van der Waals surface area contributed by atoms with E-state index in [1.165, 1.54) is 4.57 Å². The van der Waals surface area contributed by atoms with Gasteiger partial charge in [0.25, 0.3) is 5.56 Å². The molecule has 0 N–H and O–H groups in total. The molecule has 5 heteroatoms. The van der Waals surface area contributed by atoms with Gasteiger partial charge in [0, 0.05) is 6.42 Å². The predicted octanol–water partition coefficient (Wildman–Crippen LogP) is 3.34. The van der Waals surface area contributed by atoms with Crippen LogP contribution in [-0.4, -0.2) is 21.4 Å². The van der Waals surface area contributed by atoms with Gasteiger partial charge < -0.3 is 4.74 Å². The number of Topliss-reactive ketones (excluding diaryl/α,β-unsaturated/α-hetero) is 1. The van der Waals surface area contributed by atoms with Crippen molar-refractivity contribution in [1.82, 2.24) is 9.55 Å². The fourth-order valence-corrected chi connectivity index (χ4v) is 3.25. The number of aromatic nitrogens is 2. The molecule has 2 aromatic rings. The van der Waals surface area contributed by atoms with Crippen LogP contribution >= 0.6 is 0 Å². The third kappa shape index (κ3) is 2.86. The molecule has 24 heavy (non-hydrogen) atoms. The molecular formula is C19H22N2O3. The molecule has 1 heterocycles. The van der Waals surface area contributed by atoms with Crippen LogP contribution in [-0.2, 0) is 4.79 Å². The molecule has 1 aliphatic rings. The fourth-order valence-electron chi connectivity index (χ4n) is 3.25. The van der Waals surface area contributed by atoms with Gasteiger partial charge in [0.05, 0.1) is 17.5 Å². The van der Waals surface area contributed by atoms with Crippen LogP contribution in [0.15, 0.2) is 35.1 Å². The van der Waals surface area contributed by atoms with Crippen molar-refractivity contribution in [1.29, 1.82) is 0 Å². The molecule has 5 nitrogen and oxygen atoms in total. The highest BCUT2D eigenvalue weighted by Gasteiger charge is 2.28. The van der Waals surface area contributed by atoms with E-state index in [0.717, 1.165) is 12.0 Å². The molecule has 0 spiro atoms. The average molecular weight is 326 g/mol. The highest BCUT2D eigenvalue weighted by atomic mass is 16.5. The Hall–Kier alpha value is -2.43. The van der Waals surface area contributed by atoms with E-state index in [1.54, 1.807) is 19.1 Å². The van der Waals surface area contributed by atoms with Gasteiger partial charge in [-0.1, -0.05) is 18.2 Å². The predicted molar refractivity (Wildman–Crippen MR) is 93.5 cm³/mol. The van der Waals surface area contributed by atoms with Crippen LogP contribution in [0.2, 0.25) is 0 Å². The first-order valence-electron chi connectivity index (χ1n) is 8.26. The summed E-state index contributed by atoms with van der Waals surface area (Å²) in [6.45, 7) is 9.52. The second-order valence-electron chi connectivity index (χ2n) is 6.60. The maximum absolute atomic E-state index is 13.0. The molecule has 126 valence electrons. The van der Waals surface area contributed by atoms with Gasteiger partial charge in [-0.05, 0) is 45.7 Å². The normalized spacial score (nSPS) is 18.4. The van der Waals surface area contributed by atoms with E-state index in [2.05, 4.69) is 11.6 Å². The molecule has 0 aliphatic heterocycles. The van der Waals surface area contributed by atoms with Crippen molar-refractivity contribution in [3.8, 4) is 5.75 Å². The number of nitrogens with zero attached hydrogens (tertiary/aromatic N) is 2. The second kappa shape index (κ2) is 6.23. The number of ether oxygens (including phenoxy) is 1. The lowest BCUT2D eigenvalue weighted by atomic mass is 9.90. The van der Waals surface area contributed by atoms with Crippen LogP contribution in [0, 0.1) is 6.92 Å². The van der Waals surface area contributed by atoms with Crippen molar-refractivity contribution >= 4 is 16.7 Å². The molecule has 1 aromatic heterocycles. The van der Waals surface area contributed by atoms with Crippen molar-refractivity contribution in [2.24, 2.45) is 0 Å². The number of para-hydroxylation sites is 1. The molecule has 1 saturated carbocycles. The number of benzene rings is 1. The molecule has 1 aromatic carbocycles. The number of fused-ring (bicyclic) bond motifs is 1. The highest BCUT2D eigenvalue weighted by Crippen LogP contribution is 2.29. The van der Waals surface area contributed by atoms with Gasteiger partial charge in [-0.2, -0.15) is 0 Å². The second-order valence-corrected chi connectivity index (χ2v) is 6.60. The largest absolute Gasteiger partial charge is 0.489 e. The van der Waals surface area contributed by atoms with Gasteiger partial charge in [0.2, 0.25) is 0 Å². The minimum Gasteiger partial charge on any atom is -0.489 e. The van der Waals surface area contributed by atoms with E-state index >= 15 is 0 Å². The van der Waals surface area contributed by atoms with Gasteiger partial charge in [0.15, 0.2) is 5.78 Å². The summed E-state index contributed by atoms with van der Waals surface area (Å²) in [6, 6.07) is 4.89. The van der Waals surface area contributed by atoms with Crippen LogP contribution < -0.4 is 10.3 Å². The molecule has 3 rings (SSSR count). The Morgan fingerprint density at radius 2 is 2.08 bits per heavy atom. The first-order valence-corrected chi connectivity index (χ1v) is 8.26. The number of ketones is 1. The summed E-state index contributed by atoms with van der Waals surface area (Å²) in [5.41, 5.74) is 1.30. The standard InChI is InChI=1S/C19H22N2O3/c1-11(2)24-17-7-5-6-14-18(17)20-13(4)21(19(14)23)15-9-8-12(3)10-16(15)22/h5-7,11,15H,3,8-10H2,1-2,4H3. The SMILES string of the molecule is C=C1CCC(n2c(C)nc3c(OC(C)C)cccc3c2=O)C(=O)C1. The summed E-state index contributed by atoms with van der Waals surface area (Å²) in [6.07, 6.45) is 1.70. The van der Waals surface area contributed by atoms with Gasteiger partial charge >= 0.3 is 0 Å². The summed E-state index contributed by atoms with van der Waals surface area (Å²) < 4.78 is 7.31. The van der Waals surface area contributed by atoms with E-state index in [9.17, 15) is 9.59 Å². The smallest absolute Gasteiger partial charge is 0.262 e. The molecule has 1 unspecified atom stereocenters. The van der Waals surface area contributed by atoms with Gasteiger partial charge in [0.1, 0.15) is 17.1 Å². The van der Waals surface area contributed by atoms with Gasteiger partial charge in [-0.25, -0.2) is 4.98 Å². The van der Waals surface area contributed by atoms with E-state index < -0.39 is 6.04 Å². The topological polar surface area (TPSA) is 61.2 Å². The minimum atomic E-state index is -0.449. The van der Waals surface area contributed by atoms with Crippen molar-refractivity contribution in [3.63, 3.8) is 0 Å². The summed E-state index contributed by atoms with van der Waals surface area (Å²) in [5, 5.41) is 0.482. The summed E-state index contributed by atoms with van der Waals surface area (Å²) in [4.78, 5) is 30.0. The van der Waals surface area contributed by atoms with E-state index in [1.807, 2.05) is 19.9 Å². The Bertz CT molecular complexity index is 880. The molecule has 0 radical (unpaired) electrons. The summed E-state index contributed by atoms with van der Waals surface area (Å²) in [5.74, 6) is 1.17. The Kier molecular flexibility index (Phi) is 4.26. The number of hydrogen-bond donors (Lipinski definition) is 0. The van der Waals surface area contributed by atoms with E-state index in [0.29, 0.717) is 35.3 Å². The molecule has 0 amide bonds. The first kappa shape index (κ1) is 16.4. The van der Waals surface area contributed by atoms with E-state index in [4.69, 9.17) is 4.74 Å². The lowest BCUT2D eigenvalue weighted by Gasteiger charge is -2.25. The molecular weight excluding hydrogens is 304 g/mol. The first-order chi connectivity index (χ1) is 11.4. The zero-order valence-corrected chi connectivity index (χ0v) is 14.3. The quantitative estimate of drug-likeness (QED) is 0.812. The number of allylic oxidation sites excluding steroid dienone is 1. The van der Waals surface area contributed by atoms with Crippen molar-refractivity contribution in [2.75, 3.05) is 0 Å². The van der Waals surface area contributed by atoms with Gasteiger partial charge in [-0.15, -0.1) is 0 Å². The van der Waals surface area contributed by atoms with Crippen LogP contribution in [0.3, 0.4) is 0 Å². The number of rotatable bonds is 3. The number of aryl methyl sites for hydroxylation is 1. The molecule has 1 aliphatic carbocycles. The molecule has 1 fully saturated rings. The number of carbonyl (C=O) groups is 1. The maximum Gasteiger partial charge on any atom is 0.262 e. The van der Waals surface area contributed by atoms with Crippen LogP contribution in [0.5, 0.6) is 5.75 Å². The van der Waals surface area contributed by atoms with Crippen LogP contribution in [0.1, 0.15) is 45.0 Å². The zero-order valence-electron chi connectivity index (χ0n) is 14.3. The average Bonchev–Trinajstić information content (AvgIpc) is 2.49. The minimum absolute atomic E-state index is 0.00827. The lowest BCUT2D eigenvalue weighted by molar-refractivity contribution is -0.122. The number of carbonyl (C=O) groups excluding carboxylic acids is 1. The van der Waals surface area contributed by atoms with Crippen molar-refractivity contribution in [2.45, 2.75) is 52.2 Å². The lowest BCUT2D eigenvalue weighted by Crippen LogP contribution is -2.34. The van der Waals surface area contributed by atoms with Crippen LogP contribution in [0.25, 0.3) is 10.9 Å². The Labute approximate surface area is 141 Å². The molecule has 0 saturated heterocycles. The third-order valence-electron chi connectivity index (χ3n) is 4.31. The highest BCUT2D eigenvalue weighted by molar-refractivity contribution is 5.87. The van der Waals surface area contributed by atoms with E-state index in [-0.39, 0.29) is 17.4 Å². The summed E-state index contributed by atoms with van der Waals surface area (Å²) >= 11 is 0. The Morgan fingerprint density at radius 3 is 2.75 bits per heavy atom. The van der Waals surface area contributed by atoms with Gasteiger partial charge in [-0.3, -0.25) is 14.2 Å². The number of hydrogen-bond acceptors (Lipinski definition) is 4.